The Morgan fingerprint density at radius 2 is 2.38 bits per heavy atom. The number of amides is 1. The molecule has 4 nitrogen and oxygen atoms in total. The molecule has 6 heteroatoms. The van der Waals surface area contributed by atoms with Gasteiger partial charge in [-0.2, -0.15) is 5.10 Å². The maximum Gasteiger partial charge on any atom is 0.307 e. The van der Waals surface area contributed by atoms with Gasteiger partial charge >= 0.3 is 5.91 Å². The summed E-state index contributed by atoms with van der Waals surface area (Å²) in [6, 6.07) is 7.04. The van der Waals surface area contributed by atoms with E-state index in [2.05, 4.69) is 26.5 Å². The quantitative estimate of drug-likeness (QED) is 0.700. The van der Waals surface area contributed by atoms with Crippen molar-refractivity contribution in [3.63, 3.8) is 0 Å². The van der Waals surface area contributed by atoms with Crippen LogP contribution in [0.1, 0.15) is 15.4 Å². The van der Waals surface area contributed by atoms with Crippen molar-refractivity contribution in [1.29, 1.82) is 0 Å². The van der Waals surface area contributed by atoms with Crippen molar-refractivity contribution in [2.75, 3.05) is 0 Å². The van der Waals surface area contributed by atoms with Crippen LogP contribution in [0.2, 0.25) is 0 Å². The van der Waals surface area contributed by atoms with Crippen LogP contribution in [0.4, 0.5) is 0 Å². The highest BCUT2D eigenvalue weighted by Crippen LogP contribution is 2.13. The zero-order valence-corrected chi connectivity index (χ0v) is 10.4. The number of nitrogens with zero attached hydrogens (tertiary/aromatic N) is 1. The Labute approximate surface area is 104 Å². The van der Waals surface area contributed by atoms with Crippen LogP contribution in [-0.2, 0) is 0 Å². The predicted molar refractivity (Wildman–Crippen MR) is 65.8 cm³/mol. The standard InChI is InChI=1S/C10H7BrN2O2S/c11-9-4-3-8(15-9)10(14)13-12-6-7-2-1-5-16-7/h1-6H,(H,13,14)/b12-6-. The highest BCUT2D eigenvalue weighted by atomic mass is 79.9. The minimum Gasteiger partial charge on any atom is -0.444 e. The van der Waals surface area contributed by atoms with Gasteiger partial charge in [-0.05, 0) is 39.5 Å². The molecule has 2 aromatic rings. The largest absolute Gasteiger partial charge is 0.444 e. The number of nitrogens with one attached hydrogen (secondary N) is 1. The number of hydrogen-bond acceptors (Lipinski definition) is 4. The maximum absolute atomic E-state index is 11.5. The first kappa shape index (κ1) is 11.1. The van der Waals surface area contributed by atoms with Crippen LogP contribution in [-0.4, -0.2) is 12.1 Å². The van der Waals surface area contributed by atoms with Crippen LogP contribution in [0.3, 0.4) is 0 Å². The fourth-order valence-corrected chi connectivity index (χ4v) is 1.90. The molecule has 0 aliphatic carbocycles. The van der Waals surface area contributed by atoms with E-state index in [4.69, 9.17) is 4.42 Å². The molecule has 82 valence electrons. The molecule has 0 bridgehead atoms. The second kappa shape index (κ2) is 5.09. The summed E-state index contributed by atoms with van der Waals surface area (Å²) in [6.07, 6.45) is 1.58. The topological polar surface area (TPSA) is 54.6 Å². The number of carbonyl (C=O) groups excluding carboxylic acids is 1. The minimum atomic E-state index is -0.376. The highest BCUT2D eigenvalue weighted by molar-refractivity contribution is 9.10. The van der Waals surface area contributed by atoms with Crippen molar-refractivity contribution in [2.24, 2.45) is 5.10 Å². The summed E-state index contributed by atoms with van der Waals surface area (Å²) in [5.41, 5.74) is 2.37. The molecule has 1 N–H and O–H groups in total. The van der Waals surface area contributed by atoms with Crippen LogP contribution < -0.4 is 5.43 Å². The number of carbonyl (C=O) groups is 1. The lowest BCUT2D eigenvalue weighted by molar-refractivity contribution is 0.0926. The summed E-state index contributed by atoms with van der Waals surface area (Å²) in [5, 5.41) is 5.75. The monoisotopic (exact) mass is 298 g/mol. The zero-order chi connectivity index (χ0) is 11.4. The molecule has 2 rings (SSSR count). The van der Waals surface area contributed by atoms with E-state index in [1.54, 1.807) is 29.7 Å². The molecule has 0 unspecified atom stereocenters. The second-order valence-corrected chi connectivity index (χ2v) is 4.58. The number of hydrazone groups is 1. The molecule has 0 spiro atoms. The average Bonchev–Trinajstić information content (AvgIpc) is 2.89. The molecule has 0 atom stereocenters. The third-order valence-corrected chi connectivity index (χ3v) is 2.93. The van der Waals surface area contributed by atoms with Gasteiger partial charge in [-0.3, -0.25) is 4.79 Å². The number of rotatable bonds is 3. The summed E-state index contributed by atoms with van der Waals surface area (Å²) in [4.78, 5) is 12.4. The Morgan fingerprint density at radius 1 is 1.50 bits per heavy atom. The highest BCUT2D eigenvalue weighted by Gasteiger charge is 2.08. The molecule has 16 heavy (non-hydrogen) atoms. The SMILES string of the molecule is O=C(N/N=C\c1cccs1)c1ccc(Br)o1. The van der Waals surface area contributed by atoms with Crippen LogP contribution in [0, 0.1) is 0 Å². The van der Waals surface area contributed by atoms with Crippen molar-refractivity contribution < 1.29 is 9.21 Å². The molecule has 2 aromatic heterocycles. The molecule has 2 heterocycles. The summed E-state index contributed by atoms with van der Waals surface area (Å²) >= 11 is 4.66. The lowest BCUT2D eigenvalue weighted by Crippen LogP contribution is -2.16. The van der Waals surface area contributed by atoms with Gasteiger partial charge in [-0.1, -0.05) is 6.07 Å². The first-order chi connectivity index (χ1) is 7.75. The van der Waals surface area contributed by atoms with Gasteiger partial charge < -0.3 is 4.42 Å². The first-order valence-corrected chi connectivity index (χ1v) is 6.05. The molecule has 0 radical (unpaired) electrons. The van der Waals surface area contributed by atoms with E-state index in [-0.39, 0.29) is 11.7 Å². The van der Waals surface area contributed by atoms with Crippen LogP contribution in [0.25, 0.3) is 0 Å². The molecule has 0 saturated carbocycles. The minimum absolute atomic E-state index is 0.218. The molecule has 0 aliphatic rings. The van der Waals surface area contributed by atoms with Crippen LogP contribution >= 0.6 is 27.3 Å². The summed E-state index contributed by atoms with van der Waals surface area (Å²) in [7, 11) is 0. The Morgan fingerprint density at radius 3 is 3.00 bits per heavy atom. The van der Waals surface area contributed by atoms with Crippen molar-refractivity contribution in [2.45, 2.75) is 0 Å². The smallest absolute Gasteiger partial charge is 0.307 e. The van der Waals surface area contributed by atoms with E-state index < -0.39 is 0 Å². The number of halogens is 1. The van der Waals surface area contributed by atoms with Gasteiger partial charge in [0.25, 0.3) is 0 Å². The Hall–Kier alpha value is -1.40. The fraction of sp³-hybridized carbons (Fsp3) is 0. The van der Waals surface area contributed by atoms with E-state index in [0.717, 1.165) is 4.88 Å². The normalized spacial score (nSPS) is 10.8. The van der Waals surface area contributed by atoms with Crippen molar-refractivity contribution >= 4 is 39.4 Å². The molecule has 0 fully saturated rings. The van der Waals surface area contributed by atoms with Gasteiger partial charge in [0.2, 0.25) is 0 Å². The molecule has 0 saturated heterocycles. The van der Waals surface area contributed by atoms with E-state index in [0.29, 0.717) is 4.67 Å². The van der Waals surface area contributed by atoms with Crippen LogP contribution in [0.5, 0.6) is 0 Å². The molecular formula is C10H7BrN2O2S. The van der Waals surface area contributed by atoms with E-state index >= 15 is 0 Å². The van der Waals surface area contributed by atoms with E-state index in [1.165, 1.54) is 0 Å². The maximum atomic E-state index is 11.5. The number of thiophene rings is 1. The molecular weight excluding hydrogens is 292 g/mol. The lowest BCUT2D eigenvalue weighted by atomic mass is 10.4. The summed E-state index contributed by atoms with van der Waals surface area (Å²) in [5.74, 6) is -0.159. The second-order valence-electron chi connectivity index (χ2n) is 2.82. The van der Waals surface area contributed by atoms with Crippen molar-refractivity contribution in [1.82, 2.24) is 5.43 Å². The third kappa shape index (κ3) is 2.80. The Kier molecular flexibility index (Phi) is 3.53. The van der Waals surface area contributed by atoms with Gasteiger partial charge in [0, 0.05) is 4.88 Å². The van der Waals surface area contributed by atoms with Gasteiger partial charge in [-0.15, -0.1) is 11.3 Å². The van der Waals surface area contributed by atoms with Gasteiger partial charge in [0.1, 0.15) is 0 Å². The van der Waals surface area contributed by atoms with E-state index in [9.17, 15) is 4.79 Å². The zero-order valence-electron chi connectivity index (χ0n) is 8.01. The van der Waals surface area contributed by atoms with Crippen molar-refractivity contribution in [3.8, 4) is 0 Å². The van der Waals surface area contributed by atoms with Gasteiger partial charge in [0.05, 0.1) is 6.21 Å². The molecule has 0 aromatic carbocycles. The van der Waals surface area contributed by atoms with E-state index in [1.807, 2.05) is 17.5 Å². The first-order valence-electron chi connectivity index (χ1n) is 4.38. The third-order valence-electron chi connectivity index (χ3n) is 1.70. The fourth-order valence-electron chi connectivity index (χ4n) is 1.01. The Balaban J connectivity index is 1.94. The number of hydrogen-bond donors (Lipinski definition) is 1. The van der Waals surface area contributed by atoms with Gasteiger partial charge in [0.15, 0.2) is 10.4 Å². The summed E-state index contributed by atoms with van der Waals surface area (Å²) < 4.78 is 5.58. The Bertz CT molecular complexity index is 505. The van der Waals surface area contributed by atoms with Gasteiger partial charge in [-0.25, -0.2) is 5.43 Å². The number of furan rings is 1. The molecule has 0 aliphatic heterocycles. The predicted octanol–water partition coefficient (Wildman–Crippen LogP) is 2.87. The molecule has 1 amide bonds. The van der Waals surface area contributed by atoms with Crippen LogP contribution in [0.15, 0.2) is 43.8 Å². The average molecular weight is 299 g/mol. The lowest BCUT2D eigenvalue weighted by Gasteiger charge is -1.93. The summed E-state index contributed by atoms with van der Waals surface area (Å²) in [6.45, 7) is 0. The van der Waals surface area contributed by atoms with Crippen molar-refractivity contribution in [3.05, 3.63) is 45.0 Å².